The van der Waals surface area contributed by atoms with E-state index in [0.29, 0.717) is 18.2 Å². The highest BCUT2D eigenvalue weighted by atomic mass is 16.4. The molecule has 1 aliphatic carbocycles. The number of hydrogen-bond donors (Lipinski definition) is 3. The summed E-state index contributed by atoms with van der Waals surface area (Å²) in [5, 5.41) is 14.2. The van der Waals surface area contributed by atoms with Gasteiger partial charge < -0.3 is 15.7 Å². The van der Waals surface area contributed by atoms with Gasteiger partial charge in [0.25, 0.3) is 0 Å². The molecule has 1 atom stereocenters. The van der Waals surface area contributed by atoms with Crippen LogP contribution in [0.1, 0.15) is 25.3 Å². The van der Waals surface area contributed by atoms with Crippen LogP contribution < -0.4 is 10.6 Å². The zero-order chi connectivity index (χ0) is 15.2. The molecule has 0 heterocycles. The lowest BCUT2D eigenvalue weighted by Gasteiger charge is -2.12. The largest absolute Gasteiger partial charge is 0.478 e. The van der Waals surface area contributed by atoms with E-state index in [0.717, 1.165) is 17.6 Å². The highest BCUT2D eigenvalue weighted by Crippen LogP contribution is 2.36. The predicted octanol–water partition coefficient (Wildman–Crippen LogP) is 2.95. The Kier molecular flexibility index (Phi) is 4.98. The zero-order valence-electron chi connectivity index (χ0n) is 12.0. The summed E-state index contributed by atoms with van der Waals surface area (Å²) in [4.78, 5) is 22.3. The summed E-state index contributed by atoms with van der Waals surface area (Å²) in [5.41, 5.74) is 1.36. The van der Waals surface area contributed by atoms with Crippen molar-refractivity contribution in [2.24, 2.45) is 11.8 Å². The summed E-state index contributed by atoms with van der Waals surface area (Å²) in [6.07, 6.45) is 5.09. The van der Waals surface area contributed by atoms with Crippen LogP contribution in [-0.4, -0.2) is 23.7 Å². The maximum Gasteiger partial charge on any atom is 0.328 e. The third kappa shape index (κ3) is 5.30. The van der Waals surface area contributed by atoms with E-state index in [4.69, 9.17) is 5.11 Å². The standard InChI is InChI=1S/C16H20N2O3/c1-11(13-6-7-13)10-17-16(21)18-14-4-2-3-12(9-14)5-8-15(19)20/h2-5,8-9,11,13H,6-7,10H2,1H3,(H,19,20)(H2,17,18,21)/b8-5+. The molecule has 0 aliphatic heterocycles. The van der Waals surface area contributed by atoms with Crippen LogP contribution in [0.2, 0.25) is 0 Å². The molecule has 5 heteroatoms. The molecule has 2 amide bonds. The number of urea groups is 1. The molecule has 3 N–H and O–H groups in total. The normalized spacial score (nSPS) is 15.7. The second-order valence-electron chi connectivity index (χ2n) is 5.45. The predicted molar refractivity (Wildman–Crippen MR) is 82.0 cm³/mol. The van der Waals surface area contributed by atoms with Gasteiger partial charge in [-0.3, -0.25) is 0 Å². The van der Waals surface area contributed by atoms with Gasteiger partial charge in [-0.25, -0.2) is 9.59 Å². The van der Waals surface area contributed by atoms with Crippen LogP contribution in [0, 0.1) is 11.8 Å². The molecule has 1 fully saturated rings. The Hall–Kier alpha value is -2.30. The molecule has 0 saturated heterocycles. The lowest BCUT2D eigenvalue weighted by molar-refractivity contribution is -0.131. The van der Waals surface area contributed by atoms with Crippen LogP contribution in [-0.2, 0) is 4.79 Å². The van der Waals surface area contributed by atoms with Crippen LogP contribution in [0.15, 0.2) is 30.3 Å². The smallest absolute Gasteiger partial charge is 0.328 e. The quantitative estimate of drug-likeness (QED) is 0.704. The van der Waals surface area contributed by atoms with Crippen LogP contribution in [0.4, 0.5) is 10.5 Å². The van der Waals surface area contributed by atoms with Crippen molar-refractivity contribution in [3.63, 3.8) is 0 Å². The number of carboxylic acids is 1. The van der Waals surface area contributed by atoms with Crippen LogP contribution in [0.5, 0.6) is 0 Å². The Morgan fingerprint density at radius 2 is 2.19 bits per heavy atom. The van der Waals surface area contributed by atoms with Crippen molar-refractivity contribution in [2.75, 3.05) is 11.9 Å². The molecule has 0 radical (unpaired) electrons. The zero-order valence-corrected chi connectivity index (χ0v) is 12.0. The number of carboxylic acid groups (broad SMARTS) is 1. The summed E-state index contributed by atoms with van der Waals surface area (Å²) < 4.78 is 0. The second-order valence-corrected chi connectivity index (χ2v) is 5.45. The Bertz CT molecular complexity index is 550. The molecule has 0 spiro atoms. The number of rotatable bonds is 6. The minimum absolute atomic E-state index is 0.234. The number of carbonyl (C=O) groups is 2. The minimum atomic E-state index is -1.000. The van der Waals surface area contributed by atoms with Crippen LogP contribution in [0.3, 0.4) is 0 Å². The first kappa shape index (κ1) is 15.1. The Morgan fingerprint density at radius 1 is 1.43 bits per heavy atom. The lowest BCUT2D eigenvalue weighted by Crippen LogP contribution is -2.32. The van der Waals surface area contributed by atoms with E-state index in [1.54, 1.807) is 24.3 Å². The van der Waals surface area contributed by atoms with Crippen molar-refractivity contribution >= 4 is 23.8 Å². The van der Waals surface area contributed by atoms with E-state index in [9.17, 15) is 9.59 Å². The number of anilines is 1. The second kappa shape index (κ2) is 6.92. The van der Waals surface area contributed by atoms with Gasteiger partial charge in [-0.05, 0) is 48.4 Å². The minimum Gasteiger partial charge on any atom is -0.478 e. The lowest BCUT2D eigenvalue weighted by atomic mass is 10.1. The molecule has 112 valence electrons. The van der Waals surface area contributed by atoms with E-state index in [1.807, 2.05) is 0 Å². The number of aliphatic carboxylic acids is 1. The Morgan fingerprint density at radius 3 is 2.86 bits per heavy atom. The highest BCUT2D eigenvalue weighted by molar-refractivity contribution is 5.90. The SMILES string of the molecule is CC(CNC(=O)Nc1cccc(/C=C/C(=O)O)c1)C1CC1. The number of benzene rings is 1. The molecule has 0 bridgehead atoms. The van der Waals surface area contributed by atoms with Crippen molar-refractivity contribution in [3.8, 4) is 0 Å². The molecular formula is C16H20N2O3. The fourth-order valence-corrected chi connectivity index (χ4v) is 2.15. The Balaban J connectivity index is 1.85. The summed E-state index contributed by atoms with van der Waals surface area (Å²) in [7, 11) is 0. The van der Waals surface area contributed by atoms with E-state index < -0.39 is 5.97 Å². The Labute approximate surface area is 124 Å². The van der Waals surface area contributed by atoms with Crippen molar-refractivity contribution in [3.05, 3.63) is 35.9 Å². The van der Waals surface area contributed by atoms with Gasteiger partial charge in [0.15, 0.2) is 0 Å². The van der Waals surface area contributed by atoms with Gasteiger partial charge in [0.05, 0.1) is 0 Å². The van der Waals surface area contributed by atoms with Gasteiger partial charge in [0.1, 0.15) is 0 Å². The molecule has 0 aromatic heterocycles. The van der Waals surface area contributed by atoms with Gasteiger partial charge in [-0.15, -0.1) is 0 Å². The van der Waals surface area contributed by atoms with Gasteiger partial charge in [-0.2, -0.15) is 0 Å². The summed E-state index contributed by atoms with van der Waals surface area (Å²) >= 11 is 0. The number of hydrogen-bond acceptors (Lipinski definition) is 2. The van der Waals surface area contributed by atoms with Crippen molar-refractivity contribution < 1.29 is 14.7 Å². The summed E-state index contributed by atoms with van der Waals surface area (Å²) in [6.45, 7) is 2.82. The van der Waals surface area contributed by atoms with E-state index in [1.165, 1.54) is 18.9 Å². The molecule has 1 aliphatic rings. The molecule has 1 unspecified atom stereocenters. The third-order valence-corrected chi connectivity index (χ3v) is 3.57. The number of amides is 2. The van der Waals surface area contributed by atoms with Gasteiger partial charge in [0, 0.05) is 18.3 Å². The summed E-state index contributed by atoms with van der Waals surface area (Å²) in [5.74, 6) is 0.274. The van der Waals surface area contributed by atoms with Crippen LogP contribution in [0.25, 0.3) is 6.08 Å². The molecule has 5 nitrogen and oxygen atoms in total. The average Bonchev–Trinajstić information content (AvgIpc) is 3.27. The topological polar surface area (TPSA) is 78.4 Å². The highest BCUT2D eigenvalue weighted by Gasteiger charge is 2.27. The first-order chi connectivity index (χ1) is 10.0. The molecule has 1 saturated carbocycles. The fraction of sp³-hybridized carbons (Fsp3) is 0.375. The maximum absolute atomic E-state index is 11.8. The van der Waals surface area contributed by atoms with Crippen LogP contribution >= 0.6 is 0 Å². The summed E-state index contributed by atoms with van der Waals surface area (Å²) in [6, 6.07) is 6.80. The van der Waals surface area contributed by atoms with Crippen molar-refractivity contribution in [1.29, 1.82) is 0 Å². The van der Waals surface area contributed by atoms with Crippen molar-refractivity contribution in [2.45, 2.75) is 19.8 Å². The van der Waals surface area contributed by atoms with E-state index >= 15 is 0 Å². The third-order valence-electron chi connectivity index (χ3n) is 3.57. The fourth-order valence-electron chi connectivity index (χ4n) is 2.15. The van der Waals surface area contributed by atoms with E-state index in [-0.39, 0.29) is 6.03 Å². The molecule has 1 aromatic rings. The molecule has 1 aromatic carbocycles. The first-order valence-electron chi connectivity index (χ1n) is 7.10. The molecular weight excluding hydrogens is 268 g/mol. The van der Waals surface area contributed by atoms with Gasteiger partial charge >= 0.3 is 12.0 Å². The van der Waals surface area contributed by atoms with Crippen molar-refractivity contribution in [1.82, 2.24) is 5.32 Å². The monoisotopic (exact) mass is 288 g/mol. The number of nitrogens with one attached hydrogen (secondary N) is 2. The van der Waals surface area contributed by atoms with E-state index in [2.05, 4.69) is 17.6 Å². The number of carbonyl (C=O) groups excluding carboxylic acids is 1. The maximum atomic E-state index is 11.8. The molecule has 21 heavy (non-hydrogen) atoms. The van der Waals surface area contributed by atoms with Gasteiger partial charge in [-0.1, -0.05) is 19.1 Å². The average molecular weight is 288 g/mol. The molecule has 2 rings (SSSR count). The first-order valence-corrected chi connectivity index (χ1v) is 7.10. The van der Waals surface area contributed by atoms with Gasteiger partial charge in [0.2, 0.25) is 0 Å².